The molecule has 3 aromatic rings. The van der Waals surface area contributed by atoms with Gasteiger partial charge < -0.3 is 14.4 Å². The minimum Gasteiger partial charge on any atom is -0.508 e. The summed E-state index contributed by atoms with van der Waals surface area (Å²) in [6, 6.07) is 17.5. The highest BCUT2D eigenvalue weighted by molar-refractivity contribution is 7.58. The Morgan fingerprint density at radius 1 is 1.11 bits per heavy atom. The van der Waals surface area contributed by atoms with Crippen molar-refractivity contribution >= 4 is 19.0 Å². The molecule has 198 valence electrons. The number of ether oxygens (including phenoxy) is 1. The van der Waals surface area contributed by atoms with Gasteiger partial charge in [-0.25, -0.2) is 0 Å². The molecule has 1 N–H and O–H groups in total. The van der Waals surface area contributed by atoms with Crippen LogP contribution in [0.1, 0.15) is 79.5 Å². The number of aromatic hydroxyl groups is 1. The third kappa shape index (κ3) is 6.79. The Kier molecular flexibility index (Phi) is 8.14. The molecule has 0 bridgehead atoms. The maximum Gasteiger partial charge on any atom is 0.240 e. The second-order valence-corrected chi connectivity index (χ2v) is 14.4. The van der Waals surface area contributed by atoms with E-state index in [0.29, 0.717) is 22.7 Å². The van der Waals surface area contributed by atoms with Crippen molar-refractivity contribution in [2.75, 3.05) is 12.5 Å². The highest BCUT2D eigenvalue weighted by Crippen LogP contribution is 2.61. The molecule has 2 atom stereocenters. The van der Waals surface area contributed by atoms with E-state index in [1.807, 2.05) is 42.5 Å². The Morgan fingerprint density at radius 3 is 2.46 bits per heavy atom. The summed E-state index contributed by atoms with van der Waals surface area (Å²) in [4.78, 5) is 0. The molecule has 0 aromatic heterocycles. The molecule has 0 amide bonds. The lowest BCUT2D eigenvalue weighted by atomic mass is 9.86. The van der Waals surface area contributed by atoms with Gasteiger partial charge in [-0.3, -0.25) is 4.57 Å². The highest BCUT2D eigenvalue weighted by atomic mass is 35.5. The van der Waals surface area contributed by atoms with Gasteiger partial charge in [0.25, 0.3) is 0 Å². The highest BCUT2D eigenvalue weighted by Gasteiger charge is 2.43. The molecule has 0 radical (unpaired) electrons. The van der Waals surface area contributed by atoms with Crippen LogP contribution in [0.4, 0.5) is 0 Å². The molecule has 4 rings (SSSR count). The van der Waals surface area contributed by atoms with Crippen molar-refractivity contribution in [3.05, 3.63) is 93.0 Å². The zero-order chi connectivity index (χ0) is 27.0. The van der Waals surface area contributed by atoms with E-state index < -0.39 is 7.37 Å². The summed E-state index contributed by atoms with van der Waals surface area (Å²) in [5.74, 6) is 1.30. The summed E-state index contributed by atoms with van der Waals surface area (Å²) in [5.41, 5.74) is 6.41. The van der Waals surface area contributed by atoms with Crippen LogP contribution < -0.4 is 4.74 Å². The predicted octanol–water partition coefficient (Wildman–Crippen LogP) is 9.18. The molecule has 1 heterocycles. The van der Waals surface area contributed by atoms with Crippen LogP contribution in [0.5, 0.6) is 11.5 Å². The van der Waals surface area contributed by atoms with E-state index >= 15 is 0 Å². The van der Waals surface area contributed by atoms with E-state index in [9.17, 15) is 9.67 Å². The zero-order valence-electron chi connectivity index (χ0n) is 22.7. The van der Waals surface area contributed by atoms with Gasteiger partial charge in [-0.15, -0.1) is 0 Å². The number of aryl methyl sites for hydroxylation is 2. The molecular formula is C31H38ClO4P. The second kappa shape index (κ2) is 10.8. The molecule has 3 aromatic carbocycles. The summed E-state index contributed by atoms with van der Waals surface area (Å²) in [6.45, 7) is 12.6. The van der Waals surface area contributed by atoms with E-state index in [1.54, 1.807) is 6.07 Å². The molecule has 6 heteroatoms. The maximum atomic E-state index is 13.9. The Hall–Kier alpha value is -2.26. The van der Waals surface area contributed by atoms with Crippen molar-refractivity contribution in [3.63, 3.8) is 0 Å². The van der Waals surface area contributed by atoms with Crippen LogP contribution in [-0.2, 0) is 15.5 Å². The average molecular weight is 541 g/mol. The van der Waals surface area contributed by atoms with Crippen molar-refractivity contribution in [2.45, 2.75) is 66.4 Å². The van der Waals surface area contributed by atoms with Gasteiger partial charge in [0.15, 0.2) is 6.35 Å². The number of hydrogen-bond acceptors (Lipinski definition) is 4. The maximum absolute atomic E-state index is 13.9. The predicted molar refractivity (Wildman–Crippen MR) is 153 cm³/mol. The number of phenols is 1. The Bertz CT molecular complexity index is 1310. The van der Waals surface area contributed by atoms with Crippen molar-refractivity contribution < 1.29 is 18.9 Å². The minimum atomic E-state index is -3.04. The molecule has 0 spiro atoms. The van der Waals surface area contributed by atoms with E-state index in [-0.39, 0.29) is 23.8 Å². The first-order valence-corrected chi connectivity index (χ1v) is 15.3. The first-order chi connectivity index (χ1) is 17.3. The number of hydrogen-bond donors (Lipinski definition) is 1. The van der Waals surface area contributed by atoms with Crippen LogP contribution >= 0.6 is 19.0 Å². The lowest BCUT2D eigenvalue weighted by Crippen LogP contribution is -2.29. The molecule has 1 fully saturated rings. The number of rotatable bonds is 7. The molecule has 37 heavy (non-hydrogen) atoms. The van der Waals surface area contributed by atoms with E-state index in [2.05, 4.69) is 47.6 Å². The molecule has 0 unspecified atom stereocenters. The van der Waals surface area contributed by atoms with Gasteiger partial charge in [0.05, 0.1) is 6.10 Å². The molecular weight excluding hydrogens is 503 g/mol. The van der Waals surface area contributed by atoms with E-state index in [0.717, 1.165) is 40.7 Å². The van der Waals surface area contributed by atoms with E-state index in [1.165, 1.54) is 5.56 Å². The third-order valence-electron chi connectivity index (χ3n) is 7.14. The summed E-state index contributed by atoms with van der Waals surface area (Å²) >= 11 is 6.21. The summed E-state index contributed by atoms with van der Waals surface area (Å²) < 4.78 is 26.2. The molecule has 1 saturated heterocycles. The van der Waals surface area contributed by atoms with Crippen LogP contribution in [0.15, 0.2) is 54.6 Å². The monoisotopic (exact) mass is 540 g/mol. The minimum absolute atomic E-state index is 0.0431. The van der Waals surface area contributed by atoms with Gasteiger partial charge in [0, 0.05) is 11.2 Å². The fourth-order valence-corrected chi connectivity index (χ4v) is 8.22. The largest absolute Gasteiger partial charge is 0.508 e. The lowest BCUT2D eigenvalue weighted by Gasteiger charge is -2.40. The first-order valence-electron chi connectivity index (χ1n) is 12.9. The Morgan fingerprint density at radius 2 is 1.81 bits per heavy atom. The quantitative estimate of drug-likeness (QED) is 0.303. The van der Waals surface area contributed by atoms with Crippen molar-refractivity contribution in [1.82, 2.24) is 0 Å². The lowest BCUT2D eigenvalue weighted by molar-refractivity contribution is 0.111. The summed E-state index contributed by atoms with van der Waals surface area (Å²) in [7, 11) is -3.04. The molecule has 4 nitrogen and oxygen atoms in total. The molecule has 1 aliphatic heterocycles. The van der Waals surface area contributed by atoms with Gasteiger partial charge in [0.2, 0.25) is 7.37 Å². The summed E-state index contributed by atoms with van der Waals surface area (Å²) in [5, 5.41) is 10.8. The van der Waals surface area contributed by atoms with Crippen LogP contribution in [0.25, 0.3) is 0 Å². The Labute approximate surface area is 226 Å². The van der Waals surface area contributed by atoms with Gasteiger partial charge in [-0.05, 0) is 102 Å². The SMILES string of the molecule is Cc1cc(OC[P@@]2(=O)CC(C)(C)C[C@@H](c3cccc(Cl)c3)O2)cc(C)c1Cc1ccc(O)c(C(C)C)c1. The standard InChI is InChI=1S/C31H38ClO4P/c1-20(2)27-14-23(10-11-29(27)33)15-28-21(3)12-26(13-22(28)4)35-19-37(34)18-31(5,6)17-30(36-37)24-8-7-9-25(32)16-24/h7-14,16,20,30,33H,15,17-19H2,1-6H3/t30-,37+/m0/s1. The van der Waals surface area contributed by atoms with E-state index in [4.69, 9.17) is 20.9 Å². The second-order valence-electron chi connectivity index (χ2n) is 11.5. The van der Waals surface area contributed by atoms with Crippen LogP contribution in [0.3, 0.4) is 0 Å². The van der Waals surface area contributed by atoms with Crippen molar-refractivity contribution in [1.29, 1.82) is 0 Å². The fourth-order valence-electron chi connectivity index (χ4n) is 5.36. The van der Waals surface area contributed by atoms with Gasteiger partial charge in [0.1, 0.15) is 11.5 Å². The topological polar surface area (TPSA) is 55.8 Å². The average Bonchev–Trinajstić information content (AvgIpc) is 2.80. The fraction of sp³-hybridized carbons (Fsp3) is 0.419. The number of halogens is 1. The smallest absolute Gasteiger partial charge is 0.240 e. The number of phenolic OH excluding ortho intramolecular Hbond substituents is 1. The van der Waals surface area contributed by atoms with Crippen LogP contribution in [0, 0.1) is 19.3 Å². The normalized spacial score (nSPS) is 21.2. The Balaban J connectivity index is 1.50. The summed E-state index contributed by atoms with van der Waals surface area (Å²) in [6.07, 6.45) is 1.80. The zero-order valence-corrected chi connectivity index (χ0v) is 24.3. The van der Waals surface area contributed by atoms with Crippen LogP contribution in [0.2, 0.25) is 5.02 Å². The molecule has 0 saturated carbocycles. The van der Waals surface area contributed by atoms with Gasteiger partial charge in [-0.1, -0.05) is 63.6 Å². The number of benzene rings is 3. The van der Waals surface area contributed by atoms with Gasteiger partial charge >= 0.3 is 0 Å². The van der Waals surface area contributed by atoms with Crippen molar-refractivity contribution in [3.8, 4) is 11.5 Å². The molecule has 1 aliphatic rings. The van der Waals surface area contributed by atoms with Gasteiger partial charge in [-0.2, -0.15) is 0 Å². The van der Waals surface area contributed by atoms with Crippen LogP contribution in [-0.4, -0.2) is 17.6 Å². The third-order valence-corrected chi connectivity index (χ3v) is 9.87. The molecule has 0 aliphatic carbocycles. The first kappa shape index (κ1) is 27.8. The van der Waals surface area contributed by atoms with Crippen molar-refractivity contribution in [2.24, 2.45) is 5.41 Å².